The number of aryl methyl sites for hydroxylation is 1. The van der Waals surface area contributed by atoms with Crippen LogP contribution in [0.25, 0.3) is 10.4 Å². The second kappa shape index (κ2) is 11.6. The fraction of sp³-hybridized carbons (Fsp3) is 0.400. The zero-order valence-corrected chi connectivity index (χ0v) is 18.2. The van der Waals surface area contributed by atoms with Gasteiger partial charge < -0.3 is 9.94 Å². The Hall–Kier alpha value is -2.58. The molecule has 3 rings (SSSR count). The standard InChI is InChI=1S/C20H23N5O3S.ClH/c1-14-7-11-29-19(14)18(15-4-2-6-17(12-15)22-24-21)23-28-10-9-25-8-3-5-16(13-25)20(26)27;/h2,4,6-7,11-12,16H,3,5,8-10,13H2,1H3,(H,26,27);1H/t16-;/m1./s1. The summed E-state index contributed by atoms with van der Waals surface area (Å²) in [6.07, 6.45) is 1.61. The molecule has 10 heteroatoms. The molecule has 1 N–H and O–H groups in total. The molecule has 8 nitrogen and oxygen atoms in total. The van der Waals surface area contributed by atoms with Crippen LogP contribution >= 0.6 is 23.7 Å². The molecular formula is C20H24ClN5O3S. The Balaban J connectivity index is 0.00000320. The normalized spacial score (nSPS) is 17.0. The van der Waals surface area contributed by atoms with E-state index in [-0.39, 0.29) is 18.3 Å². The quantitative estimate of drug-likeness (QED) is 0.153. The molecule has 0 saturated carbocycles. The first-order valence-electron chi connectivity index (χ1n) is 9.43. The van der Waals surface area contributed by atoms with Crippen LogP contribution in [0.2, 0.25) is 0 Å². The van der Waals surface area contributed by atoms with Crippen molar-refractivity contribution in [2.45, 2.75) is 19.8 Å². The van der Waals surface area contributed by atoms with E-state index in [1.165, 1.54) is 0 Å². The van der Waals surface area contributed by atoms with Gasteiger partial charge in [-0.05, 0) is 54.9 Å². The van der Waals surface area contributed by atoms with Crippen LogP contribution in [0.1, 0.15) is 28.8 Å². The molecule has 160 valence electrons. The number of carboxylic acid groups (broad SMARTS) is 1. The molecule has 30 heavy (non-hydrogen) atoms. The minimum absolute atomic E-state index is 0. The number of piperidine rings is 1. The van der Waals surface area contributed by atoms with Gasteiger partial charge in [0, 0.05) is 29.3 Å². The molecule has 2 heterocycles. The average molecular weight is 450 g/mol. The summed E-state index contributed by atoms with van der Waals surface area (Å²) < 4.78 is 0. The zero-order valence-electron chi connectivity index (χ0n) is 16.6. The molecule has 0 radical (unpaired) electrons. The number of hydrogen-bond acceptors (Lipinski definition) is 6. The molecule has 0 unspecified atom stereocenters. The summed E-state index contributed by atoms with van der Waals surface area (Å²) in [6, 6.07) is 9.26. The molecule has 1 aromatic heterocycles. The highest BCUT2D eigenvalue weighted by atomic mass is 35.5. The van der Waals surface area contributed by atoms with E-state index in [0.717, 1.165) is 35.4 Å². The molecule has 1 fully saturated rings. The van der Waals surface area contributed by atoms with Crippen LogP contribution < -0.4 is 0 Å². The number of aliphatic carboxylic acids is 1. The first-order valence-corrected chi connectivity index (χ1v) is 10.3. The van der Waals surface area contributed by atoms with Crippen LogP contribution in [0.3, 0.4) is 0 Å². The molecule has 1 saturated heterocycles. The average Bonchev–Trinajstić information content (AvgIpc) is 3.14. The van der Waals surface area contributed by atoms with Crippen LogP contribution in [0.5, 0.6) is 0 Å². The van der Waals surface area contributed by atoms with Gasteiger partial charge in [-0.2, -0.15) is 0 Å². The molecule has 1 aliphatic rings. The number of carbonyl (C=O) groups is 1. The lowest BCUT2D eigenvalue weighted by atomic mass is 9.98. The third-order valence-corrected chi connectivity index (χ3v) is 5.89. The summed E-state index contributed by atoms with van der Waals surface area (Å²) >= 11 is 1.57. The summed E-state index contributed by atoms with van der Waals surface area (Å²) in [5.41, 5.74) is 11.8. The van der Waals surface area contributed by atoms with Crippen molar-refractivity contribution >= 4 is 41.1 Å². The van der Waals surface area contributed by atoms with E-state index in [2.05, 4.69) is 20.1 Å². The highest BCUT2D eigenvalue weighted by molar-refractivity contribution is 7.12. The maximum atomic E-state index is 11.2. The molecule has 1 aromatic carbocycles. The summed E-state index contributed by atoms with van der Waals surface area (Å²) in [6.45, 7) is 4.44. The predicted octanol–water partition coefficient (Wildman–Crippen LogP) is 4.99. The Morgan fingerprint density at radius 1 is 1.43 bits per heavy atom. The van der Waals surface area contributed by atoms with E-state index < -0.39 is 5.97 Å². The monoisotopic (exact) mass is 449 g/mol. The van der Waals surface area contributed by atoms with E-state index in [4.69, 9.17) is 10.4 Å². The Kier molecular flexibility index (Phi) is 9.14. The SMILES string of the molecule is Cc1ccsc1C(=NOCCN1CCC[C@@H](C(=O)O)C1)c1cccc(N=[N+]=[N-])c1.Cl. The van der Waals surface area contributed by atoms with E-state index in [9.17, 15) is 9.90 Å². The van der Waals surface area contributed by atoms with Gasteiger partial charge in [0.2, 0.25) is 0 Å². The van der Waals surface area contributed by atoms with Crippen LogP contribution in [0, 0.1) is 12.8 Å². The lowest BCUT2D eigenvalue weighted by Crippen LogP contribution is -2.40. The van der Waals surface area contributed by atoms with Gasteiger partial charge in [0.05, 0.1) is 10.8 Å². The number of oxime groups is 1. The smallest absolute Gasteiger partial charge is 0.307 e. The van der Waals surface area contributed by atoms with Gasteiger partial charge in [-0.25, -0.2) is 0 Å². The number of benzene rings is 1. The Labute approximate surface area is 185 Å². The van der Waals surface area contributed by atoms with E-state index in [1.54, 1.807) is 23.5 Å². The molecular weight excluding hydrogens is 426 g/mol. The van der Waals surface area contributed by atoms with Gasteiger partial charge >= 0.3 is 5.97 Å². The minimum Gasteiger partial charge on any atom is -0.481 e. The fourth-order valence-electron chi connectivity index (χ4n) is 3.35. The van der Waals surface area contributed by atoms with Crippen molar-refractivity contribution in [2.24, 2.45) is 16.2 Å². The van der Waals surface area contributed by atoms with E-state index in [0.29, 0.717) is 31.1 Å². The number of hydrogen-bond donors (Lipinski definition) is 1. The Bertz CT molecular complexity index is 942. The lowest BCUT2D eigenvalue weighted by Gasteiger charge is -2.29. The van der Waals surface area contributed by atoms with Crippen molar-refractivity contribution in [3.05, 3.63) is 62.2 Å². The number of likely N-dealkylation sites (tertiary alicyclic amines) is 1. The van der Waals surface area contributed by atoms with Gasteiger partial charge in [0.15, 0.2) is 0 Å². The fourth-order valence-corrected chi connectivity index (χ4v) is 4.28. The maximum Gasteiger partial charge on any atom is 0.307 e. The topological polar surface area (TPSA) is 111 Å². The Morgan fingerprint density at radius 2 is 2.27 bits per heavy atom. The largest absolute Gasteiger partial charge is 0.481 e. The summed E-state index contributed by atoms with van der Waals surface area (Å²) in [5.74, 6) is -1.04. The van der Waals surface area contributed by atoms with Gasteiger partial charge in [0.1, 0.15) is 12.3 Å². The molecule has 1 aliphatic heterocycles. The van der Waals surface area contributed by atoms with Crippen LogP contribution in [0.15, 0.2) is 46.0 Å². The van der Waals surface area contributed by atoms with Crippen molar-refractivity contribution in [1.82, 2.24) is 4.90 Å². The molecule has 0 aliphatic carbocycles. The maximum absolute atomic E-state index is 11.2. The van der Waals surface area contributed by atoms with Crippen molar-refractivity contribution in [3.8, 4) is 0 Å². The minimum atomic E-state index is -0.732. The summed E-state index contributed by atoms with van der Waals surface area (Å²) in [5, 5.41) is 19.3. The third-order valence-electron chi connectivity index (χ3n) is 4.87. The Morgan fingerprint density at radius 3 is 2.97 bits per heavy atom. The van der Waals surface area contributed by atoms with E-state index >= 15 is 0 Å². The van der Waals surface area contributed by atoms with Crippen LogP contribution in [0.4, 0.5) is 5.69 Å². The highest BCUT2D eigenvalue weighted by Gasteiger charge is 2.25. The van der Waals surface area contributed by atoms with Crippen LogP contribution in [-0.2, 0) is 9.63 Å². The number of rotatable bonds is 8. The van der Waals surface area contributed by atoms with Gasteiger partial charge in [-0.1, -0.05) is 28.5 Å². The third kappa shape index (κ3) is 6.21. The second-order valence-electron chi connectivity index (χ2n) is 6.92. The van der Waals surface area contributed by atoms with Gasteiger partial charge in [-0.3, -0.25) is 9.69 Å². The molecule has 2 aromatic rings. The molecule has 0 spiro atoms. The lowest BCUT2D eigenvalue weighted by molar-refractivity contribution is -0.143. The molecule has 1 atom stereocenters. The van der Waals surface area contributed by atoms with E-state index in [1.807, 2.05) is 30.5 Å². The summed E-state index contributed by atoms with van der Waals surface area (Å²) in [4.78, 5) is 22.8. The number of nitrogens with zero attached hydrogens (tertiary/aromatic N) is 5. The first kappa shape index (κ1) is 23.7. The van der Waals surface area contributed by atoms with Crippen LogP contribution in [-0.4, -0.2) is 47.9 Å². The van der Waals surface area contributed by atoms with Crippen molar-refractivity contribution in [3.63, 3.8) is 0 Å². The van der Waals surface area contributed by atoms with Gasteiger partial charge in [0.25, 0.3) is 0 Å². The van der Waals surface area contributed by atoms with Crippen molar-refractivity contribution < 1.29 is 14.7 Å². The molecule has 0 amide bonds. The zero-order chi connectivity index (χ0) is 20.6. The highest BCUT2D eigenvalue weighted by Crippen LogP contribution is 2.24. The number of azide groups is 1. The van der Waals surface area contributed by atoms with Crippen molar-refractivity contribution in [1.29, 1.82) is 0 Å². The van der Waals surface area contributed by atoms with Gasteiger partial charge in [-0.15, -0.1) is 23.7 Å². The first-order chi connectivity index (χ1) is 14.1. The second-order valence-corrected chi connectivity index (χ2v) is 7.84. The number of thiophene rings is 1. The number of carboxylic acids is 1. The predicted molar refractivity (Wildman–Crippen MR) is 120 cm³/mol. The molecule has 0 bridgehead atoms. The summed E-state index contributed by atoms with van der Waals surface area (Å²) in [7, 11) is 0. The van der Waals surface area contributed by atoms with Crippen molar-refractivity contribution in [2.75, 3.05) is 26.2 Å². The number of halogens is 1.